The fourth-order valence-electron chi connectivity index (χ4n) is 2.20. The number of carbonyl (C=O) groups is 2. The Morgan fingerprint density at radius 1 is 1.44 bits per heavy atom. The molecule has 0 spiro atoms. The Balaban J connectivity index is 2.15. The van der Waals surface area contributed by atoms with Crippen molar-refractivity contribution >= 4 is 11.9 Å². The summed E-state index contributed by atoms with van der Waals surface area (Å²) in [5.74, 6) is -1.25. The highest BCUT2D eigenvalue weighted by Gasteiger charge is 2.37. The molecule has 0 aliphatic carbocycles. The van der Waals surface area contributed by atoms with Gasteiger partial charge in [-0.05, 0) is 12.0 Å². The van der Waals surface area contributed by atoms with E-state index in [-0.39, 0.29) is 5.91 Å². The fourth-order valence-corrected chi connectivity index (χ4v) is 2.20. The second kappa shape index (κ2) is 5.18. The van der Waals surface area contributed by atoms with Crippen molar-refractivity contribution in [2.45, 2.75) is 24.9 Å². The molecule has 1 amide bonds. The molecule has 0 aromatic heterocycles. The average Bonchev–Trinajstić information content (AvgIpc) is 2.68. The van der Waals surface area contributed by atoms with Gasteiger partial charge in [-0.2, -0.15) is 0 Å². The Kier molecular flexibility index (Phi) is 3.62. The maximum atomic E-state index is 11.8. The zero-order chi connectivity index (χ0) is 13.1. The van der Waals surface area contributed by atoms with Crippen LogP contribution in [0.15, 0.2) is 30.3 Å². The lowest BCUT2D eigenvalue weighted by molar-refractivity contribution is -0.148. The van der Waals surface area contributed by atoms with E-state index in [2.05, 4.69) is 0 Å². The van der Waals surface area contributed by atoms with Crippen LogP contribution in [0.3, 0.4) is 0 Å². The Bertz CT molecular complexity index is 447. The zero-order valence-corrected chi connectivity index (χ0v) is 9.95. The molecule has 3 N–H and O–H groups in total. The van der Waals surface area contributed by atoms with Gasteiger partial charge in [0.15, 0.2) is 0 Å². The number of carbonyl (C=O) groups excluding carboxylic acids is 1. The Morgan fingerprint density at radius 2 is 2.11 bits per heavy atom. The molecule has 0 radical (unpaired) electrons. The van der Waals surface area contributed by atoms with Gasteiger partial charge in [0.2, 0.25) is 5.91 Å². The van der Waals surface area contributed by atoms with E-state index in [0.717, 1.165) is 5.56 Å². The highest BCUT2D eigenvalue weighted by Crippen LogP contribution is 2.17. The van der Waals surface area contributed by atoms with Crippen molar-refractivity contribution in [3.8, 4) is 0 Å². The van der Waals surface area contributed by atoms with Crippen LogP contribution in [0, 0.1) is 0 Å². The second-order valence-electron chi connectivity index (χ2n) is 4.47. The molecule has 0 unspecified atom stereocenters. The summed E-state index contributed by atoms with van der Waals surface area (Å²) in [6, 6.07) is 7.91. The first-order valence-corrected chi connectivity index (χ1v) is 5.92. The molecule has 1 saturated heterocycles. The number of hydrogen-bond acceptors (Lipinski definition) is 3. The quantitative estimate of drug-likeness (QED) is 0.799. The van der Waals surface area contributed by atoms with Crippen molar-refractivity contribution in [3.05, 3.63) is 35.9 Å². The molecule has 1 aromatic rings. The number of benzene rings is 1. The predicted octanol–water partition coefficient (Wildman–Crippen LogP) is 0.242. The van der Waals surface area contributed by atoms with E-state index in [1.165, 1.54) is 4.90 Å². The first kappa shape index (κ1) is 12.6. The molecular formula is C13H16N2O3. The number of likely N-dealkylation sites (tertiary alicyclic amines) is 1. The number of nitrogens with two attached hydrogens (primary N) is 1. The van der Waals surface area contributed by atoms with Crippen molar-refractivity contribution in [2.24, 2.45) is 5.73 Å². The van der Waals surface area contributed by atoms with Gasteiger partial charge >= 0.3 is 5.97 Å². The fraction of sp³-hybridized carbons (Fsp3) is 0.385. The number of carboxylic acid groups (broad SMARTS) is 1. The molecule has 2 atom stereocenters. The van der Waals surface area contributed by atoms with Crippen LogP contribution in [0.2, 0.25) is 0 Å². The number of amides is 1. The molecule has 1 heterocycles. The molecule has 1 fully saturated rings. The van der Waals surface area contributed by atoms with Gasteiger partial charge in [-0.25, -0.2) is 4.79 Å². The van der Waals surface area contributed by atoms with Gasteiger partial charge in [0.25, 0.3) is 0 Å². The molecule has 1 aliphatic rings. The van der Waals surface area contributed by atoms with Gasteiger partial charge in [-0.3, -0.25) is 4.79 Å². The summed E-state index contributed by atoms with van der Waals surface area (Å²) in [4.78, 5) is 24.5. The minimum absolute atomic E-state index is 0.265. The van der Waals surface area contributed by atoms with Crippen molar-refractivity contribution in [1.82, 2.24) is 4.90 Å². The first-order chi connectivity index (χ1) is 8.59. The highest BCUT2D eigenvalue weighted by molar-refractivity contribution is 5.88. The SMILES string of the molecule is N[C@@H]1CCN([C@@H](Cc2ccccc2)C(=O)O)C1=O. The summed E-state index contributed by atoms with van der Waals surface area (Å²) in [6.45, 7) is 0.420. The molecule has 2 rings (SSSR count). The largest absolute Gasteiger partial charge is 0.480 e. The van der Waals surface area contributed by atoms with Gasteiger partial charge in [0.1, 0.15) is 6.04 Å². The van der Waals surface area contributed by atoms with Gasteiger partial charge in [-0.15, -0.1) is 0 Å². The van der Waals surface area contributed by atoms with E-state index in [9.17, 15) is 14.7 Å². The molecule has 1 aromatic carbocycles. The van der Waals surface area contributed by atoms with Crippen LogP contribution in [0.5, 0.6) is 0 Å². The first-order valence-electron chi connectivity index (χ1n) is 5.92. The monoisotopic (exact) mass is 248 g/mol. The van der Waals surface area contributed by atoms with Crippen molar-refractivity contribution < 1.29 is 14.7 Å². The van der Waals surface area contributed by atoms with Gasteiger partial charge in [0.05, 0.1) is 6.04 Å². The lowest BCUT2D eigenvalue weighted by Gasteiger charge is -2.24. The van der Waals surface area contributed by atoms with E-state index in [1.54, 1.807) is 0 Å². The predicted molar refractivity (Wildman–Crippen MR) is 65.9 cm³/mol. The van der Waals surface area contributed by atoms with Crippen molar-refractivity contribution in [3.63, 3.8) is 0 Å². The average molecular weight is 248 g/mol. The molecule has 0 saturated carbocycles. The summed E-state index contributed by atoms with van der Waals surface area (Å²) in [7, 11) is 0. The van der Waals surface area contributed by atoms with Crippen LogP contribution < -0.4 is 5.73 Å². The third-order valence-corrected chi connectivity index (χ3v) is 3.21. The van der Waals surface area contributed by atoms with Crippen LogP contribution in [0.4, 0.5) is 0 Å². The Labute approximate surface area is 105 Å². The van der Waals surface area contributed by atoms with Crippen LogP contribution >= 0.6 is 0 Å². The number of nitrogens with zero attached hydrogens (tertiary/aromatic N) is 1. The van der Waals surface area contributed by atoms with Crippen molar-refractivity contribution in [1.29, 1.82) is 0 Å². The smallest absolute Gasteiger partial charge is 0.326 e. The van der Waals surface area contributed by atoms with Gasteiger partial charge < -0.3 is 15.7 Å². The van der Waals surface area contributed by atoms with Crippen molar-refractivity contribution in [2.75, 3.05) is 6.54 Å². The maximum absolute atomic E-state index is 11.8. The summed E-state index contributed by atoms with van der Waals surface area (Å²) >= 11 is 0. The number of carboxylic acids is 1. The normalized spacial score (nSPS) is 21.1. The zero-order valence-electron chi connectivity index (χ0n) is 9.95. The molecule has 5 heteroatoms. The Morgan fingerprint density at radius 3 is 2.61 bits per heavy atom. The van der Waals surface area contributed by atoms with Crippen LogP contribution in [-0.4, -0.2) is 40.5 Å². The van der Waals surface area contributed by atoms with E-state index < -0.39 is 18.1 Å². The topological polar surface area (TPSA) is 83.6 Å². The molecule has 96 valence electrons. The van der Waals surface area contributed by atoms with E-state index in [0.29, 0.717) is 19.4 Å². The number of rotatable bonds is 4. The summed E-state index contributed by atoms with van der Waals surface area (Å²) in [6.07, 6.45) is 0.839. The van der Waals surface area contributed by atoms with E-state index >= 15 is 0 Å². The van der Waals surface area contributed by atoms with E-state index in [1.807, 2.05) is 30.3 Å². The third kappa shape index (κ3) is 2.51. The number of aliphatic carboxylic acids is 1. The minimum Gasteiger partial charge on any atom is -0.480 e. The molecule has 5 nitrogen and oxygen atoms in total. The maximum Gasteiger partial charge on any atom is 0.326 e. The van der Waals surface area contributed by atoms with Crippen LogP contribution in [0.1, 0.15) is 12.0 Å². The summed E-state index contributed by atoms with van der Waals surface area (Å²) < 4.78 is 0. The summed E-state index contributed by atoms with van der Waals surface area (Å²) in [5.41, 5.74) is 6.52. The molecule has 18 heavy (non-hydrogen) atoms. The lowest BCUT2D eigenvalue weighted by Crippen LogP contribution is -2.46. The molecule has 0 bridgehead atoms. The standard InChI is InChI=1S/C13H16N2O3/c14-10-6-7-15(12(10)16)11(13(17)18)8-9-4-2-1-3-5-9/h1-5,10-11H,6-8,14H2,(H,17,18)/t10-,11+/m1/s1. The van der Waals surface area contributed by atoms with Crippen LogP contribution in [0.25, 0.3) is 0 Å². The lowest BCUT2D eigenvalue weighted by atomic mass is 10.1. The van der Waals surface area contributed by atoms with Crippen LogP contribution in [-0.2, 0) is 16.0 Å². The van der Waals surface area contributed by atoms with Gasteiger partial charge in [-0.1, -0.05) is 30.3 Å². The van der Waals surface area contributed by atoms with E-state index in [4.69, 9.17) is 5.73 Å². The highest BCUT2D eigenvalue weighted by atomic mass is 16.4. The number of hydrogen-bond donors (Lipinski definition) is 2. The molecular weight excluding hydrogens is 232 g/mol. The van der Waals surface area contributed by atoms with Gasteiger partial charge in [0, 0.05) is 13.0 Å². The Hall–Kier alpha value is -1.88. The minimum atomic E-state index is -0.985. The third-order valence-electron chi connectivity index (χ3n) is 3.21. The summed E-state index contributed by atoms with van der Waals surface area (Å²) in [5, 5.41) is 9.26. The molecule has 1 aliphatic heterocycles. The second-order valence-corrected chi connectivity index (χ2v) is 4.47.